The van der Waals surface area contributed by atoms with Crippen LogP contribution in [0.25, 0.3) is 0 Å². The first-order valence-electron chi connectivity index (χ1n) is 8.24. The van der Waals surface area contributed by atoms with E-state index in [0.717, 1.165) is 12.8 Å². The van der Waals surface area contributed by atoms with E-state index in [9.17, 15) is 9.59 Å². The van der Waals surface area contributed by atoms with Crippen molar-refractivity contribution in [2.24, 2.45) is 0 Å². The third-order valence-electron chi connectivity index (χ3n) is 3.08. The molecule has 0 radical (unpaired) electrons. The van der Waals surface area contributed by atoms with Gasteiger partial charge < -0.3 is 9.47 Å². The Kier molecular flexibility index (Phi) is 10.1. The Labute approximate surface area is 149 Å². The second-order valence-corrected chi connectivity index (χ2v) is 5.11. The third-order valence-corrected chi connectivity index (χ3v) is 3.08. The molecule has 0 aliphatic rings. The Morgan fingerprint density at radius 1 is 0.880 bits per heavy atom. The molecule has 0 bridgehead atoms. The van der Waals surface area contributed by atoms with Gasteiger partial charge in [0.1, 0.15) is 6.61 Å². The monoisotopic (exact) mass is 340 g/mol. The van der Waals surface area contributed by atoms with Gasteiger partial charge in [0.05, 0.1) is 17.7 Å². The lowest BCUT2D eigenvalue weighted by Gasteiger charge is -2.02. The number of unbranched alkanes of at least 4 members (excludes halogenated alkanes) is 1. The molecule has 0 atom stereocenters. The van der Waals surface area contributed by atoms with E-state index in [0.29, 0.717) is 17.7 Å². The number of carbonyl (C=O) groups is 2. The fourth-order valence-corrected chi connectivity index (χ4v) is 1.76. The van der Waals surface area contributed by atoms with Gasteiger partial charge in [0.25, 0.3) is 0 Å². The SMILES string of the molecule is C=CCOC(=O)c1ccccc1.CCCCOC(=O)c1ccccc1. The molecule has 2 aromatic carbocycles. The highest BCUT2D eigenvalue weighted by Gasteiger charge is 2.04. The van der Waals surface area contributed by atoms with Gasteiger partial charge in [0.2, 0.25) is 0 Å². The number of rotatable bonds is 7. The van der Waals surface area contributed by atoms with E-state index in [1.807, 2.05) is 24.3 Å². The third kappa shape index (κ3) is 8.51. The minimum absolute atomic E-state index is 0.228. The maximum absolute atomic E-state index is 11.3. The smallest absolute Gasteiger partial charge is 0.338 e. The van der Waals surface area contributed by atoms with Gasteiger partial charge in [-0.25, -0.2) is 9.59 Å². The van der Waals surface area contributed by atoms with Crippen molar-refractivity contribution in [3.05, 3.63) is 84.4 Å². The molecule has 4 nitrogen and oxygen atoms in total. The molecule has 0 fully saturated rings. The maximum atomic E-state index is 11.3. The lowest BCUT2D eigenvalue weighted by molar-refractivity contribution is 0.0498. The van der Waals surface area contributed by atoms with Crippen LogP contribution in [-0.4, -0.2) is 25.2 Å². The molecule has 0 spiro atoms. The van der Waals surface area contributed by atoms with Crippen LogP contribution in [0.2, 0.25) is 0 Å². The number of carbonyl (C=O) groups excluding carboxylic acids is 2. The summed E-state index contributed by atoms with van der Waals surface area (Å²) in [5.41, 5.74) is 1.19. The van der Waals surface area contributed by atoms with Gasteiger partial charge >= 0.3 is 11.9 Å². The van der Waals surface area contributed by atoms with Crippen LogP contribution in [0.5, 0.6) is 0 Å². The van der Waals surface area contributed by atoms with Crippen LogP contribution in [0.3, 0.4) is 0 Å². The summed E-state index contributed by atoms with van der Waals surface area (Å²) in [6, 6.07) is 17.9. The van der Waals surface area contributed by atoms with Crippen LogP contribution in [0.1, 0.15) is 40.5 Å². The van der Waals surface area contributed by atoms with Crippen molar-refractivity contribution < 1.29 is 19.1 Å². The van der Waals surface area contributed by atoms with E-state index >= 15 is 0 Å². The van der Waals surface area contributed by atoms with Gasteiger partial charge in [0, 0.05) is 0 Å². The summed E-state index contributed by atoms with van der Waals surface area (Å²) >= 11 is 0. The molecule has 0 aliphatic heterocycles. The normalized spacial score (nSPS) is 9.32. The molecule has 0 saturated heterocycles. The quantitative estimate of drug-likeness (QED) is 0.417. The van der Waals surface area contributed by atoms with Gasteiger partial charge in [-0.2, -0.15) is 0 Å². The van der Waals surface area contributed by atoms with Crippen molar-refractivity contribution in [2.75, 3.05) is 13.2 Å². The Balaban J connectivity index is 0.000000251. The van der Waals surface area contributed by atoms with Crippen molar-refractivity contribution in [3.8, 4) is 0 Å². The second kappa shape index (κ2) is 12.5. The summed E-state index contributed by atoms with van der Waals surface area (Å²) in [6.45, 7) is 6.29. The topological polar surface area (TPSA) is 52.6 Å². The van der Waals surface area contributed by atoms with Crippen LogP contribution < -0.4 is 0 Å². The second-order valence-electron chi connectivity index (χ2n) is 5.11. The fourth-order valence-electron chi connectivity index (χ4n) is 1.76. The first kappa shape index (κ1) is 20.2. The molecule has 0 unspecified atom stereocenters. The Morgan fingerprint density at radius 3 is 1.80 bits per heavy atom. The van der Waals surface area contributed by atoms with Crippen LogP contribution in [0, 0.1) is 0 Å². The highest BCUT2D eigenvalue weighted by Crippen LogP contribution is 2.02. The molecule has 2 rings (SSSR count). The van der Waals surface area contributed by atoms with Gasteiger partial charge in [0.15, 0.2) is 0 Å². The van der Waals surface area contributed by atoms with E-state index in [1.165, 1.54) is 0 Å². The number of benzene rings is 2. The predicted molar refractivity (Wildman–Crippen MR) is 98.6 cm³/mol. The molecule has 0 heterocycles. The zero-order valence-corrected chi connectivity index (χ0v) is 14.5. The molecule has 0 amide bonds. The molecule has 0 N–H and O–H groups in total. The van der Waals surface area contributed by atoms with Gasteiger partial charge in [-0.3, -0.25) is 0 Å². The lowest BCUT2D eigenvalue weighted by atomic mass is 10.2. The van der Waals surface area contributed by atoms with Crippen molar-refractivity contribution in [2.45, 2.75) is 19.8 Å². The Morgan fingerprint density at radius 2 is 1.36 bits per heavy atom. The predicted octanol–water partition coefficient (Wildman–Crippen LogP) is 4.67. The highest BCUT2D eigenvalue weighted by atomic mass is 16.5. The molecular formula is C21H24O4. The summed E-state index contributed by atoms with van der Waals surface area (Å²) in [5, 5.41) is 0. The summed E-state index contributed by atoms with van der Waals surface area (Å²) in [7, 11) is 0. The molecule has 0 aliphatic carbocycles. The Bertz CT molecular complexity index is 635. The van der Waals surface area contributed by atoms with Crippen molar-refractivity contribution in [3.63, 3.8) is 0 Å². The lowest BCUT2D eigenvalue weighted by Crippen LogP contribution is -2.05. The van der Waals surface area contributed by atoms with Crippen LogP contribution in [-0.2, 0) is 9.47 Å². The molecule has 2 aromatic rings. The number of hydrogen-bond donors (Lipinski definition) is 0. The van der Waals surface area contributed by atoms with Crippen LogP contribution >= 0.6 is 0 Å². The number of ether oxygens (including phenoxy) is 2. The van der Waals surface area contributed by atoms with Crippen molar-refractivity contribution in [1.82, 2.24) is 0 Å². The average Bonchev–Trinajstić information content (AvgIpc) is 2.68. The molecule has 0 aromatic heterocycles. The summed E-state index contributed by atoms with van der Waals surface area (Å²) < 4.78 is 9.85. The fraction of sp³-hybridized carbons (Fsp3) is 0.238. The Hall–Kier alpha value is -2.88. The van der Waals surface area contributed by atoms with Crippen LogP contribution in [0.4, 0.5) is 0 Å². The van der Waals surface area contributed by atoms with Gasteiger partial charge in [-0.1, -0.05) is 62.4 Å². The number of esters is 2. The summed E-state index contributed by atoms with van der Waals surface area (Å²) in [6.07, 6.45) is 3.52. The highest BCUT2D eigenvalue weighted by molar-refractivity contribution is 5.89. The zero-order valence-electron chi connectivity index (χ0n) is 14.5. The van der Waals surface area contributed by atoms with Crippen molar-refractivity contribution >= 4 is 11.9 Å². The van der Waals surface area contributed by atoms with E-state index in [-0.39, 0.29) is 18.5 Å². The van der Waals surface area contributed by atoms with Crippen LogP contribution in [0.15, 0.2) is 73.3 Å². The number of hydrogen-bond acceptors (Lipinski definition) is 4. The standard InChI is InChI=1S/C11H14O2.C10H10O2/c1-2-3-9-13-11(12)10-7-5-4-6-8-10;1-2-8-12-10(11)9-6-4-3-5-7-9/h4-8H,2-3,9H2,1H3;2-7H,1,8H2. The van der Waals surface area contributed by atoms with Gasteiger partial charge in [-0.05, 0) is 30.7 Å². The minimum atomic E-state index is -0.310. The summed E-state index contributed by atoms with van der Waals surface area (Å²) in [5.74, 6) is -0.537. The molecular weight excluding hydrogens is 316 g/mol. The first-order valence-corrected chi connectivity index (χ1v) is 8.24. The first-order chi connectivity index (χ1) is 12.2. The summed E-state index contributed by atoms with van der Waals surface area (Å²) in [4.78, 5) is 22.4. The maximum Gasteiger partial charge on any atom is 0.338 e. The van der Waals surface area contributed by atoms with E-state index in [1.54, 1.807) is 42.5 Å². The molecule has 0 saturated carbocycles. The molecule has 132 valence electrons. The van der Waals surface area contributed by atoms with E-state index < -0.39 is 0 Å². The average molecular weight is 340 g/mol. The largest absolute Gasteiger partial charge is 0.462 e. The molecule has 4 heteroatoms. The zero-order chi connectivity index (χ0) is 18.3. The minimum Gasteiger partial charge on any atom is -0.462 e. The van der Waals surface area contributed by atoms with E-state index in [4.69, 9.17) is 9.47 Å². The molecule has 25 heavy (non-hydrogen) atoms. The van der Waals surface area contributed by atoms with Gasteiger partial charge in [-0.15, -0.1) is 0 Å². The van der Waals surface area contributed by atoms with Crippen molar-refractivity contribution in [1.29, 1.82) is 0 Å². The van der Waals surface area contributed by atoms with E-state index in [2.05, 4.69) is 13.5 Å².